The van der Waals surface area contributed by atoms with E-state index >= 15 is 0 Å². The fourth-order valence-electron chi connectivity index (χ4n) is 3.54. The van der Waals surface area contributed by atoms with E-state index in [4.69, 9.17) is 0 Å². The molecule has 1 aliphatic carbocycles. The molecule has 3 rings (SSSR count). The van der Waals surface area contributed by atoms with Crippen LogP contribution < -0.4 is 21.3 Å². The number of amides is 2. The zero-order chi connectivity index (χ0) is 26.2. The summed E-state index contributed by atoms with van der Waals surface area (Å²) in [6, 6.07) is 8.98. The molecule has 0 spiro atoms. The van der Waals surface area contributed by atoms with Gasteiger partial charge in [0.15, 0.2) is 11.6 Å². The van der Waals surface area contributed by atoms with Gasteiger partial charge in [-0.1, -0.05) is 24.3 Å². The molecule has 0 unspecified atom stereocenters. The van der Waals surface area contributed by atoms with Gasteiger partial charge in [0.1, 0.15) is 0 Å². The molecule has 0 fully saturated rings. The Balaban J connectivity index is 1.82. The lowest BCUT2D eigenvalue weighted by atomic mass is 9.82. The van der Waals surface area contributed by atoms with Crippen LogP contribution >= 0.6 is 0 Å². The molecule has 0 aliphatic heterocycles. The number of nitrogens with one attached hydrogen (secondary N) is 4. The molecular weight excluding hydrogens is 472 g/mol. The summed E-state index contributed by atoms with van der Waals surface area (Å²) in [7, 11) is 2.44. The number of esters is 2. The summed E-state index contributed by atoms with van der Waals surface area (Å²) in [6.07, 6.45) is 0. The summed E-state index contributed by atoms with van der Waals surface area (Å²) in [6.45, 7) is -0.840. The molecule has 0 bridgehead atoms. The van der Waals surface area contributed by atoms with E-state index in [1.807, 2.05) is 0 Å². The van der Waals surface area contributed by atoms with Crippen LogP contribution in [0.15, 0.2) is 36.4 Å². The second kappa shape index (κ2) is 11.8. The minimum Gasteiger partial charge on any atom is -0.468 e. The summed E-state index contributed by atoms with van der Waals surface area (Å²) in [5, 5.41) is 10.4. The van der Waals surface area contributed by atoms with Gasteiger partial charge < -0.3 is 20.1 Å². The molecule has 188 valence electrons. The lowest BCUT2D eigenvalue weighted by Crippen LogP contribution is -2.34. The Morgan fingerprint density at radius 3 is 1.44 bits per heavy atom. The molecule has 0 heterocycles. The molecule has 1 aliphatic rings. The van der Waals surface area contributed by atoms with Crippen LogP contribution in [0.4, 0.5) is 11.4 Å². The maximum atomic E-state index is 13.5. The molecule has 2 aromatic carbocycles. The minimum atomic E-state index is -0.559. The normalized spacial score (nSPS) is 11.7. The third-order valence-electron chi connectivity index (χ3n) is 5.19. The SMILES string of the molecule is COC(=O)CNCC(=O)Nc1cccc2c1C(=O)c1c(NC(=O)CNCC(=O)OC)cccc1C2=O. The second-order valence-corrected chi connectivity index (χ2v) is 7.57. The van der Waals surface area contributed by atoms with E-state index in [0.29, 0.717) is 0 Å². The number of benzene rings is 2. The molecule has 36 heavy (non-hydrogen) atoms. The van der Waals surface area contributed by atoms with Gasteiger partial charge in [0.25, 0.3) is 0 Å². The molecule has 12 heteroatoms. The van der Waals surface area contributed by atoms with E-state index in [2.05, 4.69) is 30.7 Å². The van der Waals surface area contributed by atoms with Gasteiger partial charge in [0.05, 0.1) is 62.9 Å². The molecule has 0 saturated heterocycles. The largest absolute Gasteiger partial charge is 0.468 e. The van der Waals surface area contributed by atoms with Crippen molar-refractivity contribution in [3.63, 3.8) is 0 Å². The molecular formula is C24H24N4O8. The quantitative estimate of drug-likeness (QED) is 0.277. The first-order valence-electron chi connectivity index (χ1n) is 10.8. The van der Waals surface area contributed by atoms with Gasteiger partial charge in [0.2, 0.25) is 11.8 Å². The van der Waals surface area contributed by atoms with E-state index in [-0.39, 0.29) is 59.8 Å². The number of carbonyl (C=O) groups is 6. The second-order valence-electron chi connectivity index (χ2n) is 7.57. The number of ketones is 2. The van der Waals surface area contributed by atoms with Crippen LogP contribution in [0.25, 0.3) is 0 Å². The van der Waals surface area contributed by atoms with Crippen molar-refractivity contribution < 1.29 is 38.2 Å². The lowest BCUT2D eigenvalue weighted by Gasteiger charge is -2.22. The van der Waals surface area contributed by atoms with E-state index in [1.54, 1.807) is 0 Å². The highest BCUT2D eigenvalue weighted by Gasteiger charge is 2.34. The van der Waals surface area contributed by atoms with Crippen molar-refractivity contribution in [3.8, 4) is 0 Å². The van der Waals surface area contributed by atoms with E-state index < -0.39 is 35.3 Å². The third kappa shape index (κ3) is 5.98. The van der Waals surface area contributed by atoms with Gasteiger partial charge in [-0.2, -0.15) is 0 Å². The van der Waals surface area contributed by atoms with Gasteiger partial charge in [-0.25, -0.2) is 0 Å². The summed E-state index contributed by atoms with van der Waals surface area (Å²) < 4.78 is 8.98. The average Bonchev–Trinajstić information content (AvgIpc) is 2.86. The standard InChI is InChI=1S/C24H24N4O8/c1-35-19(31)11-25-9-17(29)27-15-7-3-5-13-21(15)24(34)22-14(23(13)33)6-4-8-16(22)28-18(30)10-26-12-20(32)36-2/h3-8,25-26H,9-12H2,1-2H3,(H,27,29)(H,28,30). The van der Waals surface area contributed by atoms with Crippen LogP contribution in [-0.4, -0.2) is 75.7 Å². The molecule has 2 aromatic rings. The Morgan fingerprint density at radius 1 is 0.639 bits per heavy atom. The predicted molar refractivity (Wildman–Crippen MR) is 127 cm³/mol. The summed E-state index contributed by atoms with van der Waals surface area (Å²) in [5.74, 6) is -3.19. The number of methoxy groups -OCH3 is 2. The molecule has 0 aromatic heterocycles. The van der Waals surface area contributed by atoms with E-state index in [0.717, 1.165) is 0 Å². The van der Waals surface area contributed by atoms with Crippen LogP contribution in [0.2, 0.25) is 0 Å². The van der Waals surface area contributed by atoms with Crippen molar-refractivity contribution in [2.75, 3.05) is 51.0 Å². The Kier molecular flexibility index (Phi) is 8.60. The van der Waals surface area contributed by atoms with Gasteiger partial charge in [0, 0.05) is 11.1 Å². The van der Waals surface area contributed by atoms with E-state index in [1.165, 1.54) is 50.6 Å². The van der Waals surface area contributed by atoms with Crippen molar-refractivity contribution in [2.45, 2.75) is 0 Å². The summed E-state index contributed by atoms with van der Waals surface area (Å²) in [4.78, 5) is 73.8. The van der Waals surface area contributed by atoms with Crippen molar-refractivity contribution in [1.82, 2.24) is 10.6 Å². The number of anilines is 2. The lowest BCUT2D eigenvalue weighted by molar-refractivity contribution is -0.140. The number of hydrogen-bond donors (Lipinski definition) is 4. The Labute approximate surface area is 205 Å². The van der Waals surface area contributed by atoms with Gasteiger partial charge in [-0.15, -0.1) is 0 Å². The van der Waals surface area contributed by atoms with Gasteiger partial charge in [-0.3, -0.25) is 39.4 Å². The molecule has 2 amide bonds. The molecule has 0 atom stereocenters. The average molecular weight is 496 g/mol. The van der Waals surface area contributed by atoms with Crippen LogP contribution in [0.1, 0.15) is 31.8 Å². The Hall–Kier alpha value is -4.42. The summed E-state index contributed by atoms with van der Waals surface area (Å²) >= 11 is 0. The minimum absolute atomic E-state index is 0.0122. The van der Waals surface area contributed by atoms with Crippen LogP contribution in [-0.2, 0) is 28.7 Å². The van der Waals surface area contributed by atoms with Crippen LogP contribution in [0.3, 0.4) is 0 Å². The topological polar surface area (TPSA) is 169 Å². The molecule has 4 N–H and O–H groups in total. The predicted octanol–water partition coefficient (Wildman–Crippen LogP) is -0.136. The molecule has 12 nitrogen and oxygen atoms in total. The number of ether oxygens (including phenoxy) is 2. The zero-order valence-electron chi connectivity index (χ0n) is 19.6. The smallest absolute Gasteiger partial charge is 0.319 e. The first-order valence-corrected chi connectivity index (χ1v) is 10.8. The Bertz CT molecular complexity index is 1150. The zero-order valence-corrected chi connectivity index (χ0v) is 19.6. The number of fused-ring (bicyclic) bond motifs is 2. The first kappa shape index (κ1) is 26.2. The number of hydrogen-bond acceptors (Lipinski definition) is 10. The highest BCUT2D eigenvalue weighted by Crippen LogP contribution is 2.35. The number of rotatable bonds is 10. The van der Waals surface area contributed by atoms with Crippen molar-refractivity contribution in [2.24, 2.45) is 0 Å². The Morgan fingerprint density at radius 2 is 1.06 bits per heavy atom. The van der Waals surface area contributed by atoms with E-state index in [9.17, 15) is 28.8 Å². The molecule has 0 radical (unpaired) electrons. The summed E-state index contributed by atoms with van der Waals surface area (Å²) in [5.41, 5.74) is 0.417. The number of carbonyl (C=O) groups excluding carboxylic acids is 6. The van der Waals surface area contributed by atoms with Gasteiger partial charge >= 0.3 is 11.9 Å². The first-order chi connectivity index (χ1) is 17.3. The van der Waals surface area contributed by atoms with Crippen molar-refractivity contribution >= 4 is 46.7 Å². The monoisotopic (exact) mass is 496 g/mol. The maximum absolute atomic E-state index is 13.5. The third-order valence-corrected chi connectivity index (χ3v) is 5.19. The van der Waals surface area contributed by atoms with Crippen molar-refractivity contribution in [1.29, 1.82) is 0 Å². The highest BCUT2D eigenvalue weighted by molar-refractivity contribution is 6.32. The fraction of sp³-hybridized carbons (Fsp3) is 0.250. The van der Waals surface area contributed by atoms with Crippen LogP contribution in [0.5, 0.6) is 0 Å². The van der Waals surface area contributed by atoms with Crippen molar-refractivity contribution in [3.05, 3.63) is 58.7 Å². The van der Waals surface area contributed by atoms with Crippen LogP contribution in [0, 0.1) is 0 Å². The van der Waals surface area contributed by atoms with Gasteiger partial charge in [-0.05, 0) is 12.1 Å². The maximum Gasteiger partial charge on any atom is 0.319 e. The fourth-order valence-corrected chi connectivity index (χ4v) is 3.54. The molecule has 0 saturated carbocycles. The highest BCUT2D eigenvalue weighted by atomic mass is 16.5.